The largest absolute Gasteiger partial charge is 0.315 e. The van der Waals surface area contributed by atoms with Gasteiger partial charge in [-0.15, -0.1) is 0 Å². The van der Waals surface area contributed by atoms with Crippen molar-refractivity contribution in [3.05, 3.63) is 0 Å². The van der Waals surface area contributed by atoms with E-state index in [1.54, 1.807) is 0 Å². The van der Waals surface area contributed by atoms with Crippen molar-refractivity contribution in [2.24, 2.45) is 5.92 Å². The fourth-order valence-electron chi connectivity index (χ4n) is 2.15. The number of likely N-dealkylation sites (N-methyl/N-ethyl adjacent to an activating group) is 1. The molecule has 104 valence electrons. The van der Waals surface area contributed by atoms with Crippen molar-refractivity contribution in [1.29, 1.82) is 0 Å². The van der Waals surface area contributed by atoms with Crippen LogP contribution in [0.1, 0.15) is 59.8 Å². The van der Waals surface area contributed by atoms with Gasteiger partial charge in [0.15, 0.2) is 0 Å². The van der Waals surface area contributed by atoms with E-state index >= 15 is 0 Å². The number of hydrogen-bond acceptors (Lipinski definition) is 2. The molecule has 0 unspecified atom stereocenters. The molecule has 0 aromatic carbocycles. The van der Waals surface area contributed by atoms with Crippen LogP contribution in [0.25, 0.3) is 0 Å². The molecule has 2 heteroatoms. The summed E-state index contributed by atoms with van der Waals surface area (Å²) >= 11 is 0. The molecule has 0 amide bonds. The third kappa shape index (κ3) is 9.61. The average molecular weight is 242 g/mol. The lowest BCUT2D eigenvalue weighted by Gasteiger charge is -2.25. The summed E-state index contributed by atoms with van der Waals surface area (Å²) in [5, 5.41) is 3.55. The number of hydrogen-bond donors (Lipinski definition) is 1. The molecule has 0 radical (unpaired) electrons. The fourth-order valence-corrected chi connectivity index (χ4v) is 2.15. The molecule has 0 rings (SSSR count). The van der Waals surface area contributed by atoms with Crippen molar-refractivity contribution >= 4 is 0 Å². The van der Waals surface area contributed by atoms with Crippen LogP contribution >= 0.6 is 0 Å². The maximum atomic E-state index is 3.55. The first-order chi connectivity index (χ1) is 8.28. The van der Waals surface area contributed by atoms with Gasteiger partial charge in [0.05, 0.1) is 0 Å². The van der Waals surface area contributed by atoms with Gasteiger partial charge in [-0.2, -0.15) is 0 Å². The average Bonchev–Trinajstić information content (AvgIpc) is 2.37. The van der Waals surface area contributed by atoms with Crippen molar-refractivity contribution in [3.8, 4) is 0 Å². The summed E-state index contributed by atoms with van der Waals surface area (Å²) in [7, 11) is 0. The lowest BCUT2D eigenvalue weighted by atomic mass is 10.0. The van der Waals surface area contributed by atoms with Gasteiger partial charge in [0.25, 0.3) is 0 Å². The van der Waals surface area contributed by atoms with E-state index < -0.39 is 0 Å². The van der Waals surface area contributed by atoms with Crippen molar-refractivity contribution < 1.29 is 0 Å². The number of unbranched alkanes of at least 4 members (excludes halogenated alkanes) is 2. The van der Waals surface area contributed by atoms with Crippen LogP contribution in [0.3, 0.4) is 0 Å². The van der Waals surface area contributed by atoms with E-state index in [2.05, 4.69) is 37.9 Å². The molecule has 0 saturated heterocycles. The third-order valence-electron chi connectivity index (χ3n) is 3.68. The SMILES string of the molecule is CCCCCNCCN(CC)CC(CC)CC. The highest BCUT2D eigenvalue weighted by atomic mass is 15.1. The first-order valence-corrected chi connectivity index (χ1v) is 7.71. The standard InChI is InChI=1S/C15H34N2/c1-5-9-10-11-16-12-13-17(8-4)14-15(6-2)7-3/h15-16H,5-14H2,1-4H3. The lowest BCUT2D eigenvalue weighted by molar-refractivity contribution is 0.234. The zero-order valence-corrected chi connectivity index (χ0v) is 12.6. The summed E-state index contributed by atoms with van der Waals surface area (Å²) in [6.45, 7) is 15.2. The van der Waals surface area contributed by atoms with Crippen LogP contribution in [0.4, 0.5) is 0 Å². The summed E-state index contributed by atoms with van der Waals surface area (Å²) in [6, 6.07) is 0. The Labute approximate surface area is 109 Å². The Bertz CT molecular complexity index is 144. The van der Waals surface area contributed by atoms with Crippen LogP contribution in [0.2, 0.25) is 0 Å². The highest BCUT2D eigenvalue weighted by Crippen LogP contribution is 2.09. The summed E-state index contributed by atoms with van der Waals surface area (Å²) in [6.07, 6.45) is 6.64. The summed E-state index contributed by atoms with van der Waals surface area (Å²) in [5.41, 5.74) is 0. The van der Waals surface area contributed by atoms with E-state index in [9.17, 15) is 0 Å². The van der Waals surface area contributed by atoms with Crippen LogP contribution in [0, 0.1) is 5.92 Å². The molecule has 0 aromatic heterocycles. The Kier molecular flexibility index (Phi) is 12.3. The maximum Gasteiger partial charge on any atom is 0.0107 e. The van der Waals surface area contributed by atoms with E-state index in [0.717, 1.165) is 12.5 Å². The van der Waals surface area contributed by atoms with Gasteiger partial charge in [0, 0.05) is 19.6 Å². The van der Waals surface area contributed by atoms with Gasteiger partial charge in [-0.05, 0) is 25.4 Å². The van der Waals surface area contributed by atoms with E-state index in [-0.39, 0.29) is 0 Å². The van der Waals surface area contributed by atoms with E-state index in [0.29, 0.717) is 0 Å². The first kappa shape index (κ1) is 16.9. The van der Waals surface area contributed by atoms with Crippen molar-refractivity contribution in [2.75, 3.05) is 32.7 Å². The molecule has 0 aliphatic carbocycles. The topological polar surface area (TPSA) is 15.3 Å². The van der Waals surface area contributed by atoms with Crippen molar-refractivity contribution in [1.82, 2.24) is 10.2 Å². The maximum absolute atomic E-state index is 3.55. The Morgan fingerprint density at radius 3 is 2.18 bits per heavy atom. The third-order valence-corrected chi connectivity index (χ3v) is 3.68. The van der Waals surface area contributed by atoms with Gasteiger partial charge in [-0.25, -0.2) is 0 Å². The van der Waals surface area contributed by atoms with Crippen LogP contribution in [0.5, 0.6) is 0 Å². The molecular weight excluding hydrogens is 208 g/mol. The molecule has 0 fully saturated rings. The van der Waals surface area contributed by atoms with Gasteiger partial charge < -0.3 is 10.2 Å². The molecule has 1 N–H and O–H groups in total. The number of nitrogens with zero attached hydrogens (tertiary/aromatic N) is 1. The highest BCUT2D eigenvalue weighted by Gasteiger charge is 2.08. The zero-order valence-electron chi connectivity index (χ0n) is 12.6. The minimum absolute atomic E-state index is 0.884. The molecule has 0 saturated carbocycles. The number of rotatable bonds is 12. The predicted octanol–water partition coefficient (Wildman–Crippen LogP) is 3.52. The quantitative estimate of drug-likeness (QED) is 0.527. The summed E-state index contributed by atoms with van der Waals surface area (Å²) in [5.74, 6) is 0.884. The van der Waals surface area contributed by atoms with Crippen LogP contribution in [-0.2, 0) is 0 Å². The Morgan fingerprint density at radius 2 is 1.65 bits per heavy atom. The molecule has 0 aromatic rings. The van der Waals surface area contributed by atoms with Crippen molar-refractivity contribution in [2.45, 2.75) is 59.8 Å². The second kappa shape index (κ2) is 12.4. The molecular formula is C15H34N2. The Morgan fingerprint density at radius 1 is 0.941 bits per heavy atom. The lowest BCUT2D eigenvalue weighted by Crippen LogP contribution is -2.35. The van der Waals surface area contributed by atoms with E-state index in [1.165, 1.54) is 58.3 Å². The van der Waals surface area contributed by atoms with Gasteiger partial charge >= 0.3 is 0 Å². The molecule has 0 spiro atoms. The molecule has 0 atom stereocenters. The molecule has 2 nitrogen and oxygen atoms in total. The molecule has 0 bridgehead atoms. The predicted molar refractivity (Wildman–Crippen MR) is 78.6 cm³/mol. The van der Waals surface area contributed by atoms with Gasteiger partial charge in [0.1, 0.15) is 0 Å². The molecule has 17 heavy (non-hydrogen) atoms. The normalized spacial score (nSPS) is 11.6. The zero-order chi connectivity index (χ0) is 12.9. The molecule has 0 heterocycles. The second-order valence-corrected chi connectivity index (χ2v) is 5.03. The number of nitrogens with one attached hydrogen (secondary N) is 1. The van der Waals surface area contributed by atoms with Gasteiger partial charge in [-0.3, -0.25) is 0 Å². The second-order valence-electron chi connectivity index (χ2n) is 5.03. The van der Waals surface area contributed by atoms with Gasteiger partial charge in [0.2, 0.25) is 0 Å². The van der Waals surface area contributed by atoms with Crippen molar-refractivity contribution in [3.63, 3.8) is 0 Å². The first-order valence-electron chi connectivity index (χ1n) is 7.71. The minimum atomic E-state index is 0.884. The summed E-state index contributed by atoms with van der Waals surface area (Å²) < 4.78 is 0. The molecule has 0 aliphatic rings. The fraction of sp³-hybridized carbons (Fsp3) is 1.00. The van der Waals surface area contributed by atoms with Crippen LogP contribution in [0.15, 0.2) is 0 Å². The minimum Gasteiger partial charge on any atom is -0.315 e. The highest BCUT2D eigenvalue weighted by molar-refractivity contribution is 4.64. The van der Waals surface area contributed by atoms with E-state index in [4.69, 9.17) is 0 Å². The Balaban J connectivity index is 3.53. The van der Waals surface area contributed by atoms with Crippen LogP contribution in [-0.4, -0.2) is 37.6 Å². The smallest absolute Gasteiger partial charge is 0.0107 e. The van der Waals surface area contributed by atoms with E-state index in [1.807, 2.05) is 0 Å². The Hall–Kier alpha value is -0.0800. The van der Waals surface area contributed by atoms with Gasteiger partial charge in [-0.1, -0.05) is 53.4 Å². The monoisotopic (exact) mass is 242 g/mol. The van der Waals surface area contributed by atoms with Crippen LogP contribution < -0.4 is 5.32 Å². The molecule has 0 aliphatic heterocycles. The summed E-state index contributed by atoms with van der Waals surface area (Å²) in [4.78, 5) is 2.59.